The van der Waals surface area contributed by atoms with E-state index in [9.17, 15) is 0 Å². The van der Waals surface area contributed by atoms with Gasteiger partial charge in [-0.2, -0.15) is 0 Å². The molecule has 0 aliphatic rings. The van der Waals surface area contributed by atoms with E-state index in [1.54, 1.807) is 6.20 Å². The van der Waals surface area contributed by atoms with Gasteiger partial charge in [-0.05, 0) is 29.5 Å². The molecule has 0 aliphatic carbocycles. The molecule has 1 heteroatoms. The first-order chi connectivity index (χ1) is 6.70. The molecule has 14 heavy (non-hydrogen) atoms. The van der Waals surface area contributed by atoms with Gasteiger partial charge in [0.2, 0.25) is 0 Å². The molecule has 1 heterocycles. The molecule has 0 N–H and O–H groups in total. The molecule has 0 aliphatic heterocycles. The quantitative estimate of drug-likeness (QED) is 0.699. The van der Waals surface area contributed by atoms with E-state index >= 15 is 0 Å². The second kappa shape index (κ2) is 4.75. The summed E-state index contributed by atoms with van der Waals surface area (Å²) in [6.45, 7) is 12.3. The summed E-state index contributed by atoms with van der Waals surface area (Å²) in [5.41, 5.74) is 3.39. The van der Waals surface area contributed by atoms with Crippen LogP contribution in [0.3, 0.4) is 0 Å². The third-order valence-electron chi connectivity index (χ3n) is 2.63. The van der Waals surface area contributed by atoms with Crippen LogP contribution < -0.4 is 0 Å². The van der Waals surface area contributed by atoms with Gasteiger partial charge in [0.15, 0.2) is 0 Å². The molecule has 1 rings (SSSR count). The van der Waals surface area contributed by atoms with E-state index < -0.39 is 0 Å². The van der Waals surface area contributed by atoms with Crippen LogP contribution in [0, 0.1) is 5.92 Å². The first-order valence-electron chi connectivity index (χ1n) is 4.96. The predicted molar refractivity (Wildman–Crippen MR) is 62.8 cm³/mol. The second-order valence-electron chi connectivity index (χ2n) is 3.50. The standard InChI is InChI=1S/C13H17N/c1-5-10(3)11(4)13-9-14-8-7-12(13)6-2/h6-10H,2,4-5H2,1,3H3. The van der Waals surface area contributed by atoms with Crippen molar-refractivity contribution in [2.75, 3.05) is 0 Å². The summed E-state index contributed by atoms with van der Waals surface area (Å²) in [4.78, 5) is 4.12. The van der Waals surface area contributed by atoms with Gasteiger partial charge in [0.05, 0.1) is 0 Å². The first-order valence-corrected chi connectivity index (χ1v) is 4.96. The molecule has 0 aromatic carbocycles. The largest absolute Gasteiger partial charge is 0.264 e. The highest BCUT2D eigenvalue weighted by molar-refractivity contribution is 5.72. The maximum Gasteiger partial charge on any atom is 0.0348 e. The topological polar surface area (TPSA) is 12.9 Å². The van der Waals surface area contributed by atoms with E-state index in [-0.39, 0.29) is 0 Å². The minimum absolute atomic E-state index is 0.498. The molecule has 0 spiro atoms. The lowest BCUT2D eigenvalue weighted by molar-refractivity contribution is 0.718. The summed E-state index contributed by atoms with van der Waals surface area (Å²) in [6, 6.07) is 1.97. The molecule has 0 radical (unpaired) electrons. The molecule has 0 bridgehead atoms. The number of rotatable bonds is 4. The SMILES string of the molecule is C=Cc1ccncc1C(=C)C(C)CC. The second-order valence-corrected chi connectivity index (χ2v) is 3.50. The van der Waals surface area contributed by atoms with Gasteiger partial charge in [0.1, 0.15) is 0 Å². The Labute approximate surface area is 86.2 Å². The molecule has 0 amide bonds. The van der Waals surface area contributed by atoms with Gasteiger partial charge in [-0.3, -0.25) is 4.98 Å². The predicted octanol–water partition coefficient (Wildman–Crippen LogP) is 3.78. The van der Waals surface area contributed by atoms with Crippen LogP contribution in [0.1, 0.15) is 31.4 Å². The minimum Gasteiger partial charge on any atom is -0.264 e. The smallest absolute Gasteiger partial charge is 0.0348 e. The molecule has 1 nitrogen and oxygen atoms in total. The molecule has 1 aromatic heterocycles. The number of hydrogen-bond acceptors (Lipinski definition) is 1. The van der Waals surface area contributed by atoms with Gasteiger partial charge in [-0.1, -0.05) is 33.1 Å². The van der Waals surface area contributed by atoms with E-state index in [0.29, 0.717) is 5.92 Å². The Morgan fingerprint density at radius 2 is 2.36 bits per heavy atom. The fourth-order valence-corrected chi connectivity index (χ4v) is 1.36. The monoisotopic (exact) mass is 187 g/mol. The maximum absolute atomic E-state index is 4.12. The molecule has 0 saturated carbocycles. The number of pyridine rings is 1. The van der Waals surface area contributed by atoms with E-state index in [1.165, 1.54) is 0 Å². The highest BCUT2D eigenvalue weighted by Gasteiger charge is 2.09. The molecular formula is C13H17N. The fraction of sp³-hybridized carbons (Fsp3) is 0.308. The lowest BCUT2D eigenvalue weighted by Gasteiger charge is -2.14. The minimum atomic E-state index is 0.498. The van der Waals surface area contributed by atoms with Crippen molar-refractivity contribution in [2.45, 2.75) is 20.3 Å². The summed E-state index contributed by atoms with van der Waals surface area (Å²) in [5, 5.41) is 0. The van der Waals surface area contributed by atoms with Crippen molar-refractivity contribution in [1.82, 2.24) is 4.98 Å². The van der Waals surface area contributed by atoms with Crippen molar-refractivity contribution in [1.29, 1.82) is 0 Å². The molecule has 0 fully saturated rings. The Bertz CT molecular complexity index is 339. The van der Waals surface area contributed by atoms with Gasteiger partial charge >= 0.3 is 0 Å². The van der Waals surface area contributed by atoms with Gasteiger partial charge in [-0.25, -0.2) is 0 Å². The van der Waals surface area contributed by atoms with Gasteiger partial charge in [0, 0.05) is 18.0 Å². The van der Waals surface area contributed by atoms with E-state index in [0.717, 1.165) is 23.1 Å². The molecule has 1 aromatic rings. The van der Waals surface area contributed by atoms with Crippen LogP contribution in [0.25, 0.3) is 11.6 Å². The Morgan fingerprint density at radius 1 is 1.64 bits per heavy atom. The van der Waals surface area contributed by atoms with Crippen molar-refractivity contribution < 1.29 is 0 Å². The normalized spacial score (nSPS) is 12.1. The zero-order valence-electron chi connectivity index (χ0n) is 8.96. The zero-order chi connectivity index (χ0) is 10.6. The van der Waals surface area contributed by atoms with Gasteiger partial charge in [-0.15, -0.1) is 0 Å². The van der Waals surface area contributed by atoms with Crippen LogP contribution in [-0.2, 0) is 0 Å². The molecule has 74 valence electrons. The number of nitrogens with zero attached hydrogens (tertiary/aromatic N) is 1. The highest BCUT2D eigenvalue weighted by atomic mass is 14.6. The summed E-state index contributed by atoms with van der Waals surface area (Å²) in [5.74, 6) is 0.498. The van der Waals surface area contributed by atoms with Crippen molar-refractivity contribution in [3.8, 4) is 0 Å². The molecular weight excluding hydrogens is 170 g/mol. The third-order valence-corrected chi connectivity index (χ3v) is 2.63. The van der Waals surface area contributed by atoms with Crippen LogP contribution in [-0.4, -0.2) is 4.98 Å². The zero-order valence-corrected chi connectivity index (χ0v) is 8.96. The highest BCUT2D eigenvalue weighted by Crippen LogP contribution is 2.26. The third kappa shape index (κ3) is 2.11. The summed E-state index contributed by atoms with van der Waals surface area (Å²) in [6.07, 6.45) is 6.60. The van der Waals surface area contributed by atoms with E-state index in [4.69, 9.17) is 0 Å². The number of aromatic nitrogens is 1. The molecule has 1 unspecified atom stereocenters. The Hall–Kier alpha value is -1.37. The number of hydrogen-bond donors (Lipinski definition) is 0. The van der Waals surface area contributed by atoms with Crippen molar-refractivity contribution in [2.24, 2.45) is 5.92 Å². The van der Waals surface area contributed by atoms with E-state index in [1.807, 2.05) is 18.3 Å². The fourth-order valence-electron chi connectivity index (χ4n) is 1.36. The summed E-state index contributed by atoms with van der Waals surface area (Å²) in [7, 11) is 0. The van der Waals surface area contributed by atoms with Crippen LogP contribution in [0.15, 0.2) is 31.6 Å². The Balaban J connectivity index is 3.05. The summed E-state index contributed by atoms with van der Waals surface area (Å²) >= 11 is 0. The Morgan fingerprint density at radius 3 is 2.93 bits per heavy atom. The van der Waals surface area contributed by atoms with Crippen LogP contribution in [0.5, 0.6) is 0 Å². The van der Waals surface area contributed by atoms with Crippen molar-refractivity contribution >= 4 is 11.6 Å². The van der Waals surface area contributed by atoms with Crippen LogP contribution in [0.4, 0.5) is 0 Å². The lowest BCUT2D eigenvalue weighted by atomic mass is 9.92. The average Bonchev–Trinajstić information content (AvgIpc) is 2.26. The van der Waals surface area contributed by atoms with Crippen LogP contribution >= 0.6 is 0 Å². The lowest BCUT2D eigenvalue weighted by Crippen LogP contribution is -1.98. The van der Waals surface area contributed by atoms with Crippen LogP contribution in [0.2, 0.25) is 0 Å². The Kier molecular flexibility index (Phi) is 3.63. The van der Waals surface area contributed by atoms with Gasteiger partial charge in [0.25, 0.3) is 0 Å². The average molecular weight is 187 g/mol. The van der Waals surface area contributed by atoms with Crippen molar-refractivity contribution in [3.05, 3.63) is 42.7 Å². The molecule has 0 saturated heterocycles. The first kappa shape index (κ1) is 10.7. The van der Waals surface area contributed by atoms with Crippen molar-refractivity contribution in [3.63, 3.8) is 0 Å². The van der Waals surface area contributed by atoms with E-state index in [2.05, 4.69) is 32.0 Å². The number of allylic oxidation sites excluding steroid dienone is 1. The summed E-state index contributed by atoms with van der Waals surface area (Å²) < 4.78 is 0. The maximum atomic E-state index is 4.12. The van der Waals surface area contributed by atoms with Gasteiger partial charge < -0.3 is 0 Å². The molecule has 1 atom stereocenters.